The van der Waals surface area contributed by atoms with Crippen molar-refractivity contribution in [1.82, 2.24) is 6.15 Å². The number of rotatable bonds is 0. The van der Waals surface area contributed by atoms with Crippen molar-refractivity contribution in [3.05, 3.63) is 16.8 Å². The second-order valence-electron chi connectivity index (χ2n) is 1.06. The van der Waals surface area contributed by atoms with Gasteiger partial charge in [-0.05, 0) is 11.4 Å². The molecule has 1 rings (SSSR count). The fourth-order valence-electron chi connectivity index (χ4n) is 0.275. The molecule has 5 N–H and O–H groups in total. The molecule has 1 aromatic rings. The van der Waals surface area contributed by atoms with Gasteiger partial charge in [0.05, 0.1) is 0 Å². The van der Waals surface area contributed by atoms with Crippen LogP contribution in [0.3, 0.4) is 0 Å². The van der Waals surface area contributed by atoms with Crippen molar-refractivity contribution in [2.45, 2.75) is 0 Å². The van der Waals surface area contributed by atoms with Crippen LogP contribution >= 0.6 is 11.3 Å². The summed E-state index contributed by atoms with van der Waals surface area (Å²) in [5, 5.41) is 3.86. The third-order valence-electron chi connectivity index (χ3n) is 0.543. The van der Waals surface area contributed by atoms with Gasteiger partial charge >= 0.3 is 0 Å². The van der Waals surface area contributed by atoms with Gasteiger partial charge in [0.15, 0.2) is 0 Å². The van der Waals surface area contributed by atoms with Gasteiger partial charge in [0.1, 0.15) is 0 Å². The largest absolute Gasteiger partial charge is 0.398 e. The summed E-state index contributed by atoms with van der Waals surface area (Å²) in [6, 6.07) is 1.88. The summed E-state index contributed by atoms with van der Waals surface area (Å²) in [7, 11) is 0. The smallest absolute Gasteiger partial charge is 0.0422 e. The number of hydrogen-bond acceptors (Lipinski definition) is 3. The molecule has 0 unspecified atom stereocenters. The fourth-order valence-corrected chi connectivity index (χ4v) is 0.825. The second-order valence-corrected chi connectivity index (χ2v) is 1.84. The van der Waals surface area contributed by atoms with E-state index in [0.717, 1.165) is 5.69 Å². The maximum Gasteiger partial charge on any atom is 0.0422 e. The van der Waals surface area contributed by atoms with Crippen LogP contribution in [0.4, 0.5) is 5.69 Å². The highest BCUT2D eigenvalue weighted by molar-refractivity contribution is 7.08. The molecule has 40 valence electrons. The molecule has 0 spiro atoms. The van der Waals surface area contributed by atoms with Gasteiger partial charge in [-0.3, -0.25) is 0 Å². The minimum Gasteiger partial charge on any atom is -0.398 e. The molecule has 1 heterocycles. The highest BCUT2D eigenvalue weighted by Gasteiger charge is 1.74. The number of nitrogens with two attached hydrogens (primary N) is 1. The maximum atomic E-state index is 5.29. The summed E-state index contributed by atoms with van der Waals surface area (Å²) >= 11 is 1.61. The van der Waals surface area contributed by atoms with Crippen LogP contribution in [0.15, 0.2) is 16.8 Å². The molecule has 2 nitrogen and oxygen atoms in total. The van der Waals surface area contributed by atoms with E-state index in [1.54, 1.807) is 11.3 Å². The van der Waals surface area contributed by atoms with Crippen LogP contribution in [-0.4, -0.2) is 0 Å². The van der Waals surface area contributed by atoms with Crippen molar-refractivity contribution in [2.24, 2.45) is 0 Å². The lowest BCUT2D eigenvalue weighted by Gasteiger charge is -1.68. The Balaban J connectivity index is 0.000000360. The molecule has 1 aromatic heterocycles. The van der Waals surface area contributed by atoms with E-state index in [2.05, 4.69) is 0 Å². The van der Waals surface area contributed by atoms with Gasteiger partial charge in [0, 0.05) is 11.1 Å². The Morgan fingerprint density at radius 1 is 1.57 bits per heavy atom. The average molecular weight is 116 g/mol. The van der Waals surface area contributed by atoms with Crippen LogP contribution in [0.2, 0.25) is 0 Å². The van der Waals surface area contributed by atoms with Crippen molar-refractivity contribution in [3.63, 3.8) is 0 Å². The zero-order valence-corrected chi connectivity index (χ0v) is 4.74. The minimum absolute atomic E-state index is 0. The van der Waals surface area contributed by atoms with Gasteiger partial charge in [0.2, 0.25) is 0 Å². The molecule has 7 heavy (non-hydrogen) atoms. The fraction of sp³-hybridized carbons (Fsp3) is 0. The third-order valence-corrected chi connectivity index (χ3v) is 1.24. The van der Waals surface area contributed by atoms with Crippen molar-refractivity contribution < 1.29 is 0 Å². The van der Waals surface area contributed by atoms with Crippen molar-refractivity contribution in [1.29, 1.82) is 0 Å². The van der Waals surface area contributed by atoms with Crippen LogP contribution < -0.4 is 11.9 Å². The quantitative estimate of drug-likeness (QED) is 0.539. The number of thiophene rings is 1. The molecule has 0 aromatic carbocycles. The van der Waals surface area contributed by atoms with Crippen LogP contribution in [0, 0.1) is 0 Å². The SMILES string of the molecule is N.Nc1ccsc1. The summed E-state index contributed by atoms with van der Waals surface area (Å²) in [4.78, 5) is 0. The summed E-state index contributed by atoms with van der Waals surface area (Å²) in [5.41, 5.74) is 6.15. The summed E-state index contributed by atoms with van der Waals surface area (Å²) < 4.78 is 0. The van der Waals surface area contributed by atoms with E-state index < -0.39 is 0 Å². The van der Waals surface area contributed by atoms with E-state index in [0.29, 0.717) is 0 Å². The molecule has 0 amide bonds. The van der Waals surface area contributed by atoms with E-state index in [4.69, 9.17) is 5.73 Å². The van der Waals surface area contributed by atoms with E-state index >= 15 is 0 Å². The first-order valence-corrected chi connectivity index (χ1v) is 2.61. The lowest BCUT2D eigenvalue weighted by Crippen LogP contribution is -1.74. The van der Waals surface area contributed by atoms with Gasteiger partial charge in [-0.25, -0.2) is 0 Å². The average Bonchev–Trinajstić information content (AvgIpc) is 1.86. The van der Waals surface area contributed by atoms with Crippen molar-refractivity contribution in [3.8, 4) is 0 Å². The monoisotopic (exact) mass is 116 g/mol. The molecule has 0 radical (unpaired) electrons. The predicted molar refractivity (Wildman–Crippen MR) is 33.8 cm³/mol. The second kappa shape index (κ2) is 2.60. The molecule has 0 saturated heterocycles. The van der Waals surface area contributed by atoms with E-state index in [1.807, 2.05) is 16.8 Å². The molecule has 3 heteroatoms. The number of hydrogen-bond donors (Lipinski definition) is 2. The normalized spacial score (nSPS) is 7.43. The number of nitrogen functional groups attached to an aromatic ring is 1. The van der Waals surface area contributed by atoms with Crippen LogP contribution in [0.25, 0.3) is 0 Å². The highest BCUT2D eigenvalue weighted by atomic mass is 32.1. The molecule has 0 atom stereocenters. The van der Waals surface area contributed by atoms with Gasteiger partial charge in [0.25, 0.3) is 0 Å². The molecular formula is C4H8N2S. The molecule has 0 aliphatic carbocycles. The predicted octanol–water partition coefficient (Wildman–Crippen LogP) is 1.49. The Morgan fingerprint density at radius 3 is 2.43 bits per heavy atom. The number of anilines is 1. The molecule has 0 aliphatic rings. The van der Waals surface area contributed by atoms with Crippen LogP contribution in [-0.2, 0) is 0 Å². The highest BCUT2D eigenvalue weighted by Crippen LogP contribution is 2.05. The molecular weight excluding hydrogens is 108 g/mol. The molecule has 0 saturated carbocycles. The first kappa shape index (κ1) is 6.46. The van der Waals surface area contributed by atoms with Crippen LogP contribution in [0.1, 0.15) is 0 Å². The maximum absolute atomic E-state index is 5.29. The third kappa shape index (κ3) is 1.57. The van der Waals surface area contributed by atoms with E-state index in [-0.39, 0.29) is 6.15 Å². The summed E-state index contributed by atoms with van der Waals surface area (Å²) in [6.45, 7) is 0. The minimum atomic E-state index is 0. The molecule has 0 aliphatic heterocycles. The zero-order valence-electron chi connectivity index (χ0n) is 3.92. The van der Waals surface area contributed by atoms with Gasteiger partial charge < -0.3 is 11.9 Å². The summed E-state index contributed by atoms with van der Waals surface area (Å²) in [5.74, 6) is 0. The van der Waals surface area contributed by atoms with Crippen molar-refractivity contribution >= 4 is 17.0 Å². The lowest BCUT2D eigenvalue weighted by molar-refractivity contribution is 1.89. The van der Waals surface area contributed by atoms with E-state index in [9.17, 15) is 0 Å². The van der Waals surface area contributed by atoms with Gasteiger partial charge in [-0.1, -0.05) is 0 Å². The summed E-state index contributed by atoms with van der Waals surface area (Å²) in [6.07, 6.45) is 0. The molecule has 0 fully saturated rings. The topological polar surface area (TPSA) is 61.0 Å². The Bertz CT molecular complexity index is 113. The molecule has 0 bridgehead atoms. The standard InChI is InChI=1S/C4H5NS.H3N/c5-4-1-2-6-3-4;/h1-3H,5H2;1H3. The lowest BCUT2D eigenvalue weighted by atomic mass is 10.6. The Morgan fingerprint density at radius 2 is 2.29 bits per heavy atom. The van der Waals surface area contributed by atoms with Crippen LogP contribution in [0.5, 0.6) is 0 Å². The van der Waals surface area contributed by atoms with Gasteiger partial charge in [-0.15, -0.1) is 0 Å². The first-order chi connectivity index (χ1) is 2.89. The Hall–Kier alpha value is -0.540. The Kier molecular flexibility index (Phi) is 2.40. The Labute approximate surface area is 46.5 Å². The van der Waals surface area contributed by atoms with Crippen molar-refractivity contribution in [2.75, 3.05) is 5.73 Å². The zero-order chi connectivity index (χ0) is 4.41. The van der Waals surface area contributed by atoms with E-state index in [1.165, 1.54) is 0 Å². The first-order valence-electron chi connectivity index (χ1n) is 1.67. The van der Waals surface area contributed by atoms with Gasteiger partial charge in [-0.2, -0.15) is 11.3 Å².